The van der Waals surface area contributed by atoms with Gasteiger partial charge in [0.25, 0.3) is 0 Å². The molecule has 2 N–H and O–H groups in total. The third kappa shape index (κ3) is 5.51. The van der Waals surface area contributed by atoms with Crippen molar-refractivity contribution in [2.75, 3.05) is 69.9 Å². The van der Waals surface area contributed by atoms with E-state index < -0.39 is 0 Å². The number of nitrogens with one attached hydrogen (secondary N) is 2. The van der Waals surface area contributed by atoms with E-state index in [2.05, 4.69) is 15.5 Å². The number of carbonyl (C=O) groups is 2. The Morgan fingerprint density at radius 3 is 2.75 bits per heavy atom. The number of nitrogens with zero attached hydrogens (tertiary/aromatic N) is 2. The zero-order valence-electron chi connectivity index (χ0n) is 18.8. The van der Waals surface area contributed by atoms with Crippen molar-refractivity contribution in [1.29, 1.82) is 0 Å². The Kier molecular flexibility index (Phi) is 7.83. The summed E-state index contributed by atoms with van der Waals surface area (Å²) >= 11 is 0. The normalized spacial score (nSPS) is 23.1. The van der Waals surface area contributed by atoms with Crippen LogP contribution in [0.15, 0.2) is 18.2 Å². The molecule has 9 nitrogen and oxygen atoms in total. The third-order valence-electron chi connectivity index (χ3n) is 6.55. The molecular weight excluding hydrogens is 412 g/mol. The van der Waals surface area contributed by atoms with E-state index in [9.17, 15) is 9.59 Å². The molecule has 0 aromatic heterocycles. The van der Waals surface area contributed by atoms with E-state index in [0.717, 1.165) is 58.8 Å². The van der Waals surface area contributed by atoms with Crippen molar-refractivity contribution < 1.29 is 23.8 Å². The molecule has 3 saturated heterocycles. The highest BCUT2D eigenvalue weighted by Crippen LogP contribution is 2.33. The van der Waals surface area contributed by atoms with Crippen LogP contribution in [0.5, 0.6) is 5.75 Å². The molecule has 9 heteroatoms. The SMILES string of the molecule is COc1ccc(NC(=O)NCC(C2CCOC2)N2CCOCC2)cc1N1CCCCC1=O. The number of anilines is 2. The first-order chi connectivity index (χ1) is 15.7. The average molecular weight is 447 g/mol. The molecule has 3 heterocycles. The molecule has 1 aromatic carbocycles. The fraction of sp³-hybridized carbons (Fsp3) is 0.652. The van der Waals surface area contributed by atoms with Gasteiger partial charge in [0.15, 0.2) is 0 Å². The van der Waals surface area contributed by atoms with Crippen LogP contribution in [0.4, 0.5) is 16.2 Å². The second kappa shape index (κ2) is 11.0. The van der Waals surface area contributed by atoms with Crippen LogP contribution in [0, 0.1) is 5.92 Å². The Balaban J connectivity index is 1.39. The lowest BCUT2D eigenvalue weighted by Gasteiger charge is -2.37. The number of urea groups is 1. The Labute approximate surface area is 189 Å². The summed E-state index contributed by atoms with van der Waals surface area (Å²) in [6.45, 7) is 5.91. The van der Waals surface area contributed by atoms with Gasteiger partial charge in [0.1, 0.15) is 5.75 Å². The van der Waals surface area contributed by atoms with Crippen LogP contribution < -0.4 is 20.3 Å². The maximum absolute atomic E-state index is 12.7. The summed E-state index contributed by atoms with van der Waals surface area (Å²) in [6.07, 6.45) is 3.42. The Morgan fingerprint density at radius 2 is 2.03 bits per heavy atom. The van der Waals surface area contributed by atoms with Gasteiger partial charge in [-0.3, -0.25) is 9.69 Å². The highest BCUT2D eigenvalue weighted by molar-refractivity contribution is 5.97. The van der Waals surface area contributed by atoms with E-state index in [1.54, 1.807) is 24.1 Å². The zero-order chi connectivity index (χ0) is 22.3. The van der Waals surface area contributed by atoms with Crippen LogP contribution in [0.1, 0.15) is 25.7 Å². The van der Waals surface area contributed by atoms with Crippen LogP contribution in [0.25, 0.3) is 0 Å². The molecule has 32 heavy (non-hydrogen) atoms. The zero-order valence-corrected chi connectivity index (χ0v) is 18.8. The molecule has 0 bridgehead atoms. The van der Waals surface area contributed by atoms with E-state index in [1.807, 2.05) is 6.07 Å². The van der Waals surface area contributed by atoms with Gasteiger partial charge in [0.2, 0.25) is 5.91 Å². The van der Waals surface area contributed by atoms with Crippen LogP contribution in [-0.4, -0.2) is 82.6 Å². The van der Waals surface area contributed by atoms with Gasteiger partial charge in [-0.2, -0.15) is 0 Å². The van der Waals surface area contributed by atoms with Crippen molar-refractivity contribution in [1.82, 2.24) is 10.2 Å². The van der Waals surface area contributed by atoms with Crippen molar-refractivity contribution in [2.45, 2.75) is 31.7 Å². The number of morpholine rings is 1. The van der Waals surface area contributed by atoms with Gasteiger partial charge in [-0.25, -0.2) is 4.79 Å². The molecule has 0 aliphatic carbocycles. The standard InChI is InChI=1S/C23H34N4O5/c1-30-21-6-5-18(14-19(21)27-8-3-2-4-22(27)28)25-23(29)24-15-20(17-7-11-32-16-17)26-9-12-31-13-10-26/h5-6,14,17,20H,2-4,7-13,15-16H2,1H3,(H2,24,25,29). The second-order valence-corrected chi connectivity index (χ2v) is 8.56. The molecule has 3 fully saturated rings. The lowest BCUT2D eigenvalue weighted by Crippen LogP contribution is -2.52. The summed E-state index contributed by atoms with van der Waals surface area (Å²) < 4.78 is 16.6. The number of hydrogen-bond donors (Lipinski definition) is 2. The fourth-order valence-electron chi connectivity index (χ4n) is 4.77. The molecule has 0 saturated carbocycles. The number of amides is 3. The monoisotopic (exact) mass is 446 g/mol. The summed E-state index contributed by atoms with van der Waals surface area (Å²) in [5, 5.41) is 5.96. The minimum absolute atomic E-state index is 0.0864. The highest BCUT2D eigenvalue weighted by Gasteiger charge is 2.32. The Morgan fingerprint density at radius 1 is 1.19 bits per heavy atom. The molecule has 2 unspecified atom stereocenters. The van der Waals surface area contributed by atoms with E-state index in [-0.39, 0.29) is 18.0 Å². The summed E-state index contributed by atoms with van der Waals surface area (Å²) in [5.41, 5.74) is 1.33. The number of ether oxygens (including phenoxy) is 3. The minimum Gasteiger partial charge on any atom is -0.495 e. The molecule has 176 valence electrons. The predicted octanol–water partition coefficient (Wildman–Crippen LogP) is 2.07. The predicted molar refractivity (Wildman–Crippen MR) is 121 cm³/mol. The molecule has 0 spiro atoms. The van der Waals surface area contributed by atoms with Crippen LogP contribution in [-0.2, 0) is 14.3 Å². The van der Waals surface area contributed by atoms with Gasteiger partial charge < -0.3 is 29.7 Å². The molecule has 3 aliphatic heterocycles. The van der Waals surface area contributed by atoms with Gasteiger partial charge >= 0.3 is 6.03 Å². The maximum atomic E-state index is 12.7. The molecular formula is C23H34N4O5. The molecule has 3 amide bonds. The van der Waals surface area contributed by atoms with Crippen molar-refractivity contribution in [2.24, 2.45) is 5.92 Å². The number of carbonyl (C=O) groups excluding carboxylic acids is 2. The largest absolute Gasteiger partial charge is 0.495 e. The fourth-order valence-corrected chi connectivity index (χ4v) is 4.77. The first kappa shape index (κ1) is 22.8. The number of rotatable bonds is 7. The molecule has 3 aliphatic rings. The Hall–Kier alpha value is -2.36. The Bertz CT molecular complexity index is 793. The second-order valence-electron chi connectivity index (χ2n) is 8.56. The van der Waals surface area contributed by atoms with Crippen LogP contribution in [0.2, 0.25) is 0 Å². The number of hydrogen-bond acceptors (Lipinski definition) is 6. The van der Waals surface area contributed by atoms with E-state index >= 15 is 0 Å². The summed E-state index contributed by atoms with van der Waals surface area (Å²) in [6, 6.07) is 5.36. The highest BCUT2D eigenvalue weighted by atomic mass is 16.5. The maximum Gasteiger partial charge on any atom is 0.319 e. The first-order valence-corrected chi connectivity index (χ1v) is 11.6. The molecule has 0 radical (unpaired) electrons. The van der Waals surface area contributed by atoms with E-state index in [0.29, 0.717) is 42.6 Å². The van der Waals surface area contributed by atoms with Crippen LogP contribution >= 0.6 is 0 Å². The number of methoxy groups -OCH3 is 1. The summed E-state index contributed by atoms with van der Waals surface area (Å²) in [7, 11) is 1.59. The topological polar surface area (TPSA) is 92.4 Å². The van der Waals surface area contributed by atoms with Crippen molar-refractivity contribution >= 4 is 23.3 Å². The first-order valence-electron chi connectivity index (χ1n) is 11.6. The molecule has 4 rings (SSSR count). The number of piperidine rings is 1. The smallest absolute Gasteiger partial charge is 0.319 e. The lowest BCUT2D eigenvalue weighted by atomic mass is 9.97. The quantitative estimate of drug-likeness (QED) is 0.666. The van der Waals surface area contributed by atoms with Crippen molar-refractivity contribution in [3.8, 4) is 5.75 Å². The minimum atomic E-state index is -0.261. The van der Waals surface area contributed by atoms with E-state index in [1.165, 1.54) is 0 Å². The van der Waals surface area contributed by atoms with Gasteiger partial charge in [0.05, 0.1) is 32.6 Å². The third-order valence-corrected chi connectivity index (χ3v) is 6.55. The van der Waals surface area contributed by atoms with Gasteiger partial charge in [-0.15, -0.1) is 0 Å². The van der Waals surface area contributed by atoms with Crippen molar-refractivity contribution in [3.05, 3.63) is 18.2 Å². The number of benzene rings is 1. The van der Waals surface area contributed by atoms with Crippen LogP contribution in [0.3, 0.4) is 0 Å². The van der Waals surface area contributed by atoms with E-state index in [4.69, 9.17) is 14.2 Å². The molecule has 2 atom stereocenters. The van der Waals surface area contributed by atoms with Gasteiger partial charge in [-0.1, -0.05) is 0 Å². The summed E-state index contributed by atoms with van der Waals surface area (Å²) in [5.74, 6) is 1.12. The molecule has 1 aromatic rings. The van der Waals surface area contributed by atoms with Crippen molar-refractivity contribution in [3.63, 3.8) is 0 Å². The van der Waals surface area contributed by atoms with Gasteiger partial charge in [0, 0.05) is 56.9 Å². The summed E-state index contributed by atoms with van der Waals surface area (Å²) in [4.78, 5) is 29.3. The lowest BCUT2D eigenvalue weighted by molar-refractivity contribution is -0.119. The van der Waals surface area contributed by atoms with Gasteiger partial charge in [-0.05, 0) is 37.5 Å². The average Bonchev–Trinajstić information content (AvgIpc) is 3.35.